The highest BCUT2D eigenvalue weighted by Crippen LogP contribution is 2.31. The summed E-state index contributed by atoms with van der Waals surface area (Å²) in [6.45, 7) is 1.60. The molecule has 31 heavy (non-hydrogen) atoms. The molecule has 1 amide bonds. The van der Waals surface area contributed by atoms with Crippen LogP contribution < -0.4 is 15.6 Å². The number of nitrogens with one attached hydrogen (secondary N) is 1. The smallest absolute Gasteiger partial charge is 0.263 e. The number of thiophene rings is 1. The number of carbonyl (C=O) groups is 1. The Balaban J connectivity index is 1.71. The van der Waals surface area contributed by atoms with E-state index in [-0.39, 0.29) is 11.4 Å². The predicted molar refractivity (Wildman–Crippen MR) is 121 cm³/mol. The number of halogens is 2. The third-order valence-corrected chi connectivity index (χ3v) is 6.01. The van der Waals surface area contributed by atoms with Crippen molar-refractivity contribution in [1.29, 1.82) is 0 Å². The zero-order chi connectivity index (χ0) is 22.1. The zero-order valence-electron chi connectivity index (χ0n) is 16.6. The Bertz CT molecular complexity index is 1330. The van der Waals surface area contributed by atoms with Gasteiger partial charge < -0.3 is 10.1 Å². The highest BCUT2D eigenvalue weighted by Gasteiger charge is 2.21. The summed E-state index contributed by atoms with van der Waals surface area (Å²) in [5, 5.41) is 5.38. The van der Waals surface area contributed by atoms with Crippen LogP contribution in [-0.2, 0) is 4.79 Å². The lowest BCUT2D eigenvalue weighted by Crippen LogP contribution is -2.31. The number of benzene rings is 2. The second-order valence-corrected chi connectivity index (χ2v) is 8.10. The first-order valence-corrected chi connectivity index (χ1v) is 10.5. The molecule has 0 bridgehead atoms. The number of carbonyl (C=O) groups excluding carboxylic acids is 1. The molecule has 158 valence electrons. The van der Waals surface area contributed by atoms with E-state index >= 15 is 0 Å². The fourth-order valence-corrected chi connectivity index (χ4v) is 4.28. The molecule has 0 fully saturated rings. The van der Waals surface area contributed by atoms with Gasteiger partial charge in [0.05, 0.1) is 24.5 Å². The second kappa shape index (κ2) is 8.49. The highest BCUT2D eigenvalue weighted by atomic mass is 35.5. The van der Waals surface area contributed by atoms with Crippen LogP contribution in [0.5, 0.6) is 5.75 Å². The predicted octanol–water partition coefficient (Wildman–Crippen LogP) is 5.13. The number of hydrogen-bond acceptors (Lipinski definition) is 5. The lowest BCUT2D eigenvalue weighted by molar-refractivity contribution is -0.118. The summed E-state index contributed by atoms with van der Waals surface area (Å²) in [6.07, 6.45) is 1.36. The standard InChI is InChI=1S/C22H17ClFN3O3S/c1-12(20(28)26-17-9-14(23)5-8-18(17)30-2)27-11-25-21-19(22(27)29)16(10-31-21)13-3-6-15(24)7-4-13/h3-12H,1-2H3,(H,26,28). The normalized spacial score (nSPS) is 12.0. The molecular weight excluding hydrogens is 441 g/mol. The molecule has 2 heterocycles. The van der Waals surface area contributed by atoms with Crippen molar-refractivity contribution in [3.63, 3.8) is 0 Å². The Kier molecular flexibility index (Phi) is 5.75. The summed E-state index contributed by atoms with van der Waals surface area (Å²) in [7, 11) is 1.48. The number of methoxy groups -OCH3 is 1. The molecular formula is C22H17ClFN3O3S. The number of aromatic nitrogens is 2. The molecule has 1 N–H and O–H groups in total. The van der Waals surface area contributed by atoms with Crippen LogP contribution in [0, 0.1) is 5.82 Å². The van der Waals surface area contributed by atoms with Gasteiger partial charge in [-0.1, -0.05) is 23.7 Å². The maximum absolute atomic E-state index is 13.3. The van der Waals surface area contributed by atoms with Crippen LogP contribution in [0.3, 0.4) is 0 Å². The van der Waals surface area contributed by atoms with E-state index in [4.69, 9.17) is 16.3 Å². The Morgan fingerprint density at radius 1 is 1.26 bits per heavy atom. The monoisotopic (exact) mass is 457 g/mol. The lowest BCUT2D eigenvalue weighted by atomic mass is 10.1. The fraction of sp³-hybridized carbons (Fsp3) is 0.136. The Morgan fingerprint density at radius 2 is 2.00 bits per heavy atom. The van der Waals surface area contributed by atoms with Gasteiger partial charge in [-0.15, -0.1) is 11.3 Å². The Labute approximate surface area is 185 Å². The van der Waals surface area contributed by atoms with Crippen molar-refractivity contribution >= 4 is 44.7 Å². The minimum Gasteiger partial charge on any atom is -0.495 e. The van der Waals surface area contributed by atoms with Crippen molar-refractivity contribution in [2.24, 2.45) is 0 Å². The van der Waals surface area contributed by atoms with E-state index in [1.54, 1.807) is 42.6 Å². The molecule has 6 nitrogen and oxygen atoms in total. The number of fused-ring (bicyclic) bond motifs is 1. The number of ether oxygens (including phenoxy) is 1. The lowest BCUT2D eigenvalue weighted by Gasteiger charge is -2.16. The van der Waals surface area contributed by atoms with Gasteiger partial charge in [-0.3, -0.25) is 14.2 Å². The van der Waals surface area contributed by atoms with Crippen LogP contribution in [-0.4, -0.2) is 22.6 Å². The van der Waals surface area contributed by atoms with Gasteiger partial charge in [0.25, 0.3) is 5.56 Å². The molecule has 0 aliphatic rings. The molecule has 0 saturated carbocycles. The maximum atomic E-state index is 13.3. The largest absolute Gasteiger partial charge is 0.495 e. The van der Waals surface area contributed by atoms with Gasteiger partial charge >= 0.3 is 0 Å². The van der Waals surface area contributed by atoms with Crippen LogP contribution in [0.1, 0.15) is 13.0 Å². The highest BCUT2D eigenvalue weighted by molar-refractivity contribution is 7.17. The Hall–Kier alpha value is -3.23. The molecule has 2 aromatic carbocycles. The number of anilines is 1. The SMILES string of the molecule is COc1ccc(Cl)cc1NC(=O)C(C)n1cnc2scc(-c3ccc(F)cc3)c2c1=O. The van der Waals surface area contributed by atoms with Gasteiger partial charge in [0, 0.05) is 16.0 Å². The van der Waals surface area contributed by atoms with Crippen LogP contribution in [0.25, 0.3) is 21.3 Å². The summed E-state index contributed by atoms with van der Waals surface area (Å²) in [5.41, 5.74) is 1.39. The molecule has 2 aromatic heterocycles. The third kappa shape index (κ3) is 4.04. The fourth-order valence-electron chi connectivity index (χ4n) is 3.20. The van der Waals surface area contributed by atoms with Crippen LogP contribution in [0.4, 0.5) is 10.1 Å². The molecule has 4 aromatic rings. The number of rotatable bonds is 5. The van der Waals surface area contributed by atoms with E-state index in [1.807, 2.05) is 0 Å². The molecule has 4 rings (SSSR count). The van der Waals surface area contributed by atoms with Gasteiger partial charge in [-0.2, -0.15) is 0 Å². The van der Waals surface area contributed by atoms with E-state index in [9.17, 15) is 14.0 Å². The van der Waals surface area contributed by atoms with E-state index in [0.717, 1.165) is 0 Å². The number of nitrogens with zero attached hydrogens (tertiary/aromatic N) is 2. The number of hydrogen-bond donors (Lipinski definition) is 1. The molecule has 0 aliphatic heterocycles. The second-order valence-electron chi connectivity index (χ2n) is 6.80. The molecule has 0 saturated heterocycles. The topological polar surface area (TPSA) is 73.2 Å². The maximum Gasteiger partial charge on any atom is 0.263 e. The average Bonchev–Trinajstić information content (AvgIpc) is 3.19. The van der Waals surface area contributed by atoms with Crippen molar-refractivity contribution in [3.05, 3.63) is 75.4 Å². The zero-order valence-corrected chi connectivity index (χ0v) is 18.1. The summed E-state index contributed by atoms with van der Waals surface area (Å²) < 4.78 is 19.8. The molecule has 1 unspecified atom stereocenters. The van der Waals surface area contributed by atoms with Crippen LogP contribution in [0.2, 0.25) is 5.02 Å². The van der Waals surface area contributed by atoms with Crippen LogP contribution in [0.15, 0.2) is 59.0 Å². The van der Waals surface area contributed by atoms with E-state index in [0.29, 0.717) is 37.8 Å². The summed E-state index contributed by atoms with van der Waals surface area (Å²) in [5.74, 6) is -0.342. The van der Waals surface area contributed by atoms with E-state index < -0.39 is 11.9 Å². The number of amides is 1. The summed E-state index contributed by atoms with van der Waals surface area (Å²) in [4.78, 5) is 31.0. The van der Waals surface area contributed by atoms with E-state index in [2.05, 4.69) is 10.3 Å². The molecule has 0 aliphatic carbocycles. The van der Waals surface area contributed by atoms with Crippen molar-refractivity contribution < 1.29 is 13.9 Å². The molecule has 0 spiro atoms. The van der Waals surface area contributed by atoms with Gasteiger partial charge in [0.2, 0.25) is 5.91 Å². The minimum absolute atomic E-state index is 0.355. The molecule has 1 atom stereocenters. The van der Waals surface area contributed by atoms with Crippen molar-refractivity contribution in [2.75, 3.05) is 12.4 Å². The summed E-state index contributed by atoms with van der Waals surface area (Å²) >= 11 is 7.34. The molecule has 0 radical (unpaired) electrons. The molecule has 9 heteroatoms. The van der Waals surface area contributed by atoms with Gasteiger partial charge in [0.1, 0.15) is 22.4 Å². The van der Waals surface area contributed by atoms with Crippen LogP contribution >= 0.6 is 22.9 Å². The minimum atomic E-state index is -0.853. The summed E-state index contributed by atoms with van der Waals surface area (Å²) in [6, 6.07) is 9.89. The van der Waals surface area contributed by atoms with Gasteiger partial charge in [-0.25, -0.2) is 9.37 Å². The van der Waals surface area contributed by atoms with Crippen molar-refractivity contribution in [3.8, 4) is 16.9 Å². The first-order valence-electron chi connectivity index (χ1n) is 9.27. The van der Waals surface area contributed by atoms with Crippen molar-refractivity contribution in [1.82, 2.24) is 9.55 Å². The average molecular weight is 458 g/mol. The first-order chi connectivity index (χ1) is 14.9. The van der Waals surface area contributed by atoms with E-state index in [1.165, 1.54) is 41.5 Å². The quantitative estimate of drug-likeness (QED) is 0.451. The van der Waals surface area contributed by atoms with Crippen molar-refractivity contribution in [2.45, 2.75) is 13.0 Å². The van der Waals surface area contributed by atoms with Gasteiger partial charge in [0.15, 0.2) is 0 Å². The first kappa shape index (κ1) is 21.0. The third-order valence-electron chi connectivity index (χ3n) is 4.89. The van der Waals surface area contributed by atoms with Gasteiger partial charge in [-0.05, 0) is 42.8 Å². The Morgan fingerprint density at radius 3 is 2.71 bits per heavy atom.